The van der Waals surface area contributed by atoms with Gasteiger partial charge in [0.15, 0.2) is 0 Å². The lowest BCUT2D eigenvalue weighted by molar-refractivity contribution is -0.131. The van der Waals surface area contributed by atoms with Gasteiger partial charge in [-0.05, 0) is 67.9 Å². The maximum atomic E-state index is 14.4. The molecule has 3 fully saturated rings. The van der Waals surface area contributed by atoms with Crippen molar-refractivity contribution in [1.82, 2.24) is 0 Å². The van der Waals surface area contributed by atoms with E-state index in [4.69, 9.17) is 0 Å². The Bertz CT molecular complexity index is 1770. The van der Waals surface area contributed by atoms with E-state index in [1.54, 1.807) is 62.4 Å². The Kier molecular flexibility index (Phi) is 6.42. The van der Waals surface area contributed by atoms with Crippen molar-refractivity contribution in [3.63, 3.8) is 0 Å². The third-order valence-corrected chi connectivity index (χ3v) is 10.3. The first kappa shape index (κ1) is 28.2. The van der Waals surface area contributed by atoms with Gasteiger partial charge in [-0.15, -0.1) is 0 Å². The number of phenols is 1. The number of amides is 4. The Balaban J connectivity index is 1.37. The highest BCUT2D eigenvalue weighted by atomic mass is 16.4. The fraction of sp³-hybridized carbons (Fsp3) is 0.294. The van der Waals surface area contributed by atoms with E-state index in [1.807, 2.05) is 18.2 Å². The highest BCUT2D eigenvalue weighted by Crippen LogP contribution is 2.64. The molecule has 0 aromatic heterocycles. The van der Waals surface area contributed by atoms with Crippen LogP contribution in [0.4, 0.5) is 11.4 Å². The van der Waals surface area contributed by atoms with Crippen molar-refractivity contribution in [2.75, 3.05) is 9.80 Å². The molecule has 3 N–H and O–H groups in total. The van der Waals surface area contributed by atoms with Crippen LogP contribution in [0, 0.1) is 36.0 Å². The number of aromatic hydroxyl groups is 1. The van der Waals surface area contributed by atoms with Crippen LogP contribution in [0.2, 0.25) is 0 Å². The molecule has 2 saturated heterocycles. The molecule has 0 unspecified atom stereocenters. The molecule has 3 aromatic carbocycles. The minimum absolute atomic E-state index is 0.0365. The first-order valence-electron chi connectivity index (χ1n) is 14.8. The zero-order chi connectivity index (χ0) is 31.1. The van der Waals surface area contributed by atoms with E-state index in [9.17, 15) is 34.3 Å². The molecule has 0 bridgehead atoms. The minimum Gasteiger partial charge on any atom is -0.507 e. The smallest absolute Gasteiger partial charge is 0.488 e. The molecule has 6 atom stereocenters. The van der Waals surface area contributed by atoms with Crippen LogP contribution >= 0.6 is 0 Å². The van der Waals surface area contributed by atoms with Crippen LogP contribution in [0.15, 0.2) is 84.4 Å². The summed E-state index contributed by atoms with van der Waals surface area (Å²) in [5.74, 6) is -4.98. The van der Waals surface area contributed by atoms with E-state index in [0.29, 0.717) is 16.8 Å². The van der Waals surface area contributed by atoms with Crippen molar-refractivity contribution in [2.45, 2.75) is 32.6 Å². The Hall–Kier alpha value is -4.54. The minimum atomic E-state index is -1.77. The van der Waals surface area contributed by atoms with Gasteiger partial charge in [-0.25, -0.2) is 4.90 Å². The van der Waals surface area contributed by atoms with Crippen molar-refractivity contribution in [3.8, 4) is 5.75 Å². The van der Waals surface area contributed by atoms with E-state index in [0.717, 1.165) is 10.5 Å². The van der Waals surface area contributed by atoms with E-state index in [-0.39, 0.29) is 47.5 Å². The number of allylic oxidation sites excluding steroid dienone is 2. The fourth-order valence-electron chi connectivity index (χ4n) is 8.18. The van der Waals surface area contributed by atoms with Gasteiger partial charge in [0.2, 0.25) is 23.6 Å². The maximum absolute atomic E-state index is 14.4. The number of imide groups is 2. The third-order valence-electron chi connectivity index (χ3n) is 10.3. The number of anilines is 2. The van der Waals surface area contributed by atoms with Crippen LogP contribution < -0.4 is 15.3 Å². The summed E-state index contributed by atoms with van der Waals surface area (Å²) >= 11 is 0. The van der Waals surface area contributed by atoms with E-state index in [2.05, 4.69) is 0 Å². The largest absolute Gasteiger partial charge is 0.507 e. The van der Waals surface area contributed by atoms with Crippen LogP contribution in [0.5, 0.6) is 5.75 Å². The van der Waals surface area contributed by atoms with Gasteiger partial charge in [0.05, 0.1) is 34.5 Å². The second kappa shape index (κ2) is 10.0. The summed E-state index contributed by atoms with van der Waals surface area (Å²) in [6, 6.07) is 20.2. The number of hydrogen-bond donors (Lipinski definition) is 3. The van der Waals surface area contributed by atoms with Crippen molar-refractivity contribution in [2.24, 2.45) is 29.1 Å². The number of aryl methyl sites for hydroxylation is 1. The van der Waals surface area contributed by atoms with Gasteiger partial charge in [0.1, 0.15) is 5.75 Å². The van der Waals surface area contributed by atoms with Crippen LogP contribution in [-0.2, 0) is 19.2 Å². The summed E-state index contributed by atoms with van der Waals surface area (Å²) in [7, 11) is -1.77. The topological polar surface area (TPSA) is 135 Å². The molecule has 9 nitrogen and oxygen atoms in total. The molecule has 2 heterocycles. The first-order chi connectivity index (χ1) is 21.1. The maximum Gasteiger partial charge on any atom is 0.488 e. The normalized spacial score (nSPS) is 29.4. The van der Waals surface area contributed by atoms with Crippen LogP contribution in [0.3, 0.4) is 0 Å². The summed E-state index contributed by atoms with van der Waals surface area (Å²) in [6.07, 6.45) is 2.39. The molecule has 4 amide bonds. The molecule has 2 aliphatic carbocycles. The molecule has 2 aliphatic heterocycles. The molecule has 44 heavy (non-hydrogen) atoms. The lowest BCUT2D eigenvalue weighted by Gasteiger charge is -2.49. The second-order valence-corrected chi connectivity index (χ2v) is 12.5. The number of benzene rings is 3. The van der Waals surface area contributed by atoms with E-state index < -0.39 is 48.0 Å². The molecule has 0 spiro atoms. The monoisotopic (exact) mass is 590 g/mol. The SMILES string of the molecule is Cc1cccc([C@H]2C3=CC[C@@H]4C(=O)N(c5cccc(B(O)O)c5)C(=O)[C@@H]4[C@@H]3C[C@H]3C(=O)N(c4ccccc4)C(=O)[C@@]23C)c1O. The van der Waals surface area contributed by atoms with Crippen molar-refractivity contribution < 1.29 is 34.3 Å². The molecule has 4 aliphatic rings. The summed E-state index contributed by atoms with van der Waals surface area (Å²) in [5.41, 5.74) is 1.54. The molecule has 1 saturated carbocycles. The van der Waals surface area contributed by atoms with Gasteiger partial charge in [-0.3, -0.25) is 24.1 Å². The Labute approximate surface area is 254 Å². The van der Waals surface area contributed by atoms with Gasteiger partial charge in [0, 0.05) is 11.5 Å². The van der Waals surface area contributed by atoms with Gasteiger partial charge < -0.3 is 15.2 Å². The van der Waals surface area contributed by atoms with E-state index in [1.165, 1.54) is 17.0 Å². The molecule has 3 aromatic rings. The predicted octanol–water partition coefficient (Wildman–Crippen LogP) is 2.82. The Morgan fingerprint density at radius 2 is 1.52 bits per heavy atom. The zero-order valence-electron chi connectivity index (χ0n) is 24.3. The van der Waals surface area contributed by atoms with Crippen molar-refractivity contribution >= 4 is 47.6 Å². The van der Waals surface area contributed by atoms with Crippen LogP contribution in [0.1, 0.15) is 36.8 Å². The highest BCUT2D eigenvalue weighted by molar-refractivity contribution is 6.58. The van der Waals surface area contributed by atoms with Gasteiger partial charge in [0.25, 0.3) is 0 Å². The molecular weight excluding hydrogens is 559 g/mol. The standard InChI is InChI=1S/C34H31BN2O7/c1-18-8-6-13-24(29(18)38)28-22-14-15-23-27(32(41)36(30(23)39)21-12-7-9-19(16-21)35(43)44)25(22)17-26-31(40)37(33(42)34(26,28)2)20-10-4-3-5-11-20/h3-14,16,23,25-28,38,43-44H,15,17H2,1-2H3/t23-,25+,26-,27-,28+,34+/m0/s1. The van der Waals surface area contributed by atoms with Crippen LogP contribution in [0.25, 0.3) is 0 Å². The number of hydrogen-bond acceptors (Lipinski definition) is 7. The summed E-state index contributed by atoms with van der Waals surface area (Å²) in [6.45, 7) is 3.56. The highest BCUT2D eigenvalue weighted by Gasteiger charge is 2.68. The van der Waals surface area contributed by atoms with Gasteiger partial charge >= 0.3 is 7.12 Å². The fourth-order valence-corrected chi connectivity index (χ4v) is 8.18. The predicted molar refractivity (Wildman–Crippen MR) is 163 cm³/mol. The number of nitrogens with zero attached hydrogens (tertiary/aromatic N) is 2. The molecule has 10 heteroatoms. The van der Waals surface area contributed by atoms with Crippen molar-refractivity contribution in [1.29, 1.82) is 0 Å². The number of rotatable bonds is 4. The lowest BCUT2D eigenvalue weighted by atomic mass is 9.51. The quantitative estimate of drug-likeness (QED) is 0.242. The number of carbonyl (C=O) groups is 4. The first-order valence-corrected chi connectivity index (χ1v) is 14.8. The van der Waals surface area contributed by atoms with E-state index >= 15 is 0 Å². The summed E-state index contributed by atoms with van der Waals surface area (Å²) in [5, 5.41) is 30.7. The van der Waals surface area contributed by atoms with Gasteiger partial charge in [-0.2, -0.15) is 0 Å². The summed E-state index contributed by atoms with van der Waals surface area (Å²) < 4.78 is 0. The lowest BCUT2D eigenvalue weighted by Crippen LogP contribution is -2.49. The van der Waals surface area contributed by atoms with Crippen LogP contribution in [-0.4, -0.2) is 45.9 Å². The number of fused-ring (bicyclic) bond motifs is 4. The average molecular weight is 590 g/mol. The molecule has 7 rings (SSSR count). The molecule has 0 radical (unpaired) electrons. The zero-order valence-corrected chi connectivity index (χ0v) is 24.3. The van der Waals surface area contributed by atoms with Gasteiger partial charge in [-0.1, -0.05) is 60.2 Å². The Morgan fingerprint density at radius 3 is 2.25 bits per heavy atom. The number of carbonyl (C=O) groups excluding carboxylic acids is 4. The van der Waals surface area contributed by atoms with Crippen molar-refractivity contribution in [3.05, 3.63) is 95.6 Å². The number of phenolic OH excluding ortho intramolecular Hbond substituents is 1. The second-order valence-electron chi connectivity index (χ2n) is 12.5. The molecular formula is C34H31BN2O7. The molecule has 222 valence electrons. The third kappa shape index (κ3) is 3.80. The number of para-hydroxylation sites is 2. The Morgan fingerprint density at radius 1 is 0.818 bits per heavy atom. The summed E-state index contributed by atoms with van der Waals surface area (Å²) in [4.78, 5) is 58.9. The average Bonchev–Trinajstić information content (AvgIpc) is 3.38.